The summed E-state index contributed by atoms with van der Waals surface area (Å²) in [6.07, 6.45) is 2.48. The molecular formula is C32H33NO6. The van der Waals surface area contributed by atoms with Gasteiger partial charge >= 0.3 is 5.97 Å². The van der Waals surface area contributed by atoms with Gasteiger partial charge in [0.25, 0.3) is 5.91 Å². The van der Waals surface area contributed by atoms with Crippen LogP contribution in [0.15, 0.2) is 72.8 Å². The normalized spacial score (nSPS) is 23.9. The largest absolute Gasteiger partial charge is 0.493 e. The highest BCUT2D eigenvalue weighted by molar-refractivity contribution is 5.88. The summed E-state index contributed by atoms with van der Waals surface area (Å²) in [4.78, 5) is 28.1. The average molecular weight is 528 g/mol. The first-order valence-electron chi connectivity index (χ1n) is 13.6. The van der Waals surface area contributed by atoms with E-state index >= 15 is 0 Å². The molecule has 3 aliphatic rings. The van der Waals surface area contributed by atoms with Gasteiger partial charge in [0.2, 0.25) is 0 Å². The monoisotopic (exact) mass is 527 g/mol. The number of hydrogen-bond donors (Lipinski definition) is 1. The van der Waals surface area contributed by atoms with Crippen LogP contribution in [0.1, 0.15) is 47.6 Å². The van der Waals surface area contributed by atoms with Crippen molar-refractivity contribution in [1.82, 2.24) is 4.90 Å². The number of amides is 1. The molecule has 1 N–H and O–H groups in total. The first-order valence-corrected chi connectivity index (χ1v) is 13.6. The van der Waals surface area contributed by atoms with Crippen molar-refractivity contribution >= 4 is 11.9 Å². The first-order chi connectivity index (χ1) is 19.0. The number of methoxy groups -OCH3 is 1. The summed E-state index contributed by atoms with van der Waals surface area (Å²) in [5.41, 5.74) is 3.35. The van der Waals surface area contributed by atoms with Crippen LogP contribution in [0, 0.1) is 11.8 Å². The molecule has 0 bridgehead atoms. The van der Waals surface area contributed by atoms with Gasteiger partial charge < -0.3 is 24.2 Å². The number of benzene rings is 3. The third kappa shape index (κ3) is 5.23. The highest BCUT2D eigenvalue weighted by atomic mass is 16.5. The van der Waals surface area contributed by atoms with E-state index in [-0.39, 0.29) is 25.0 Å². The molecular weight excluding hydrogens is 494 g/mol. The summed E-state index contributed by atoms with van der Waals surface area (Å²) in [7, 11) is 1.57. The maximum Gasteiger partial charge on any atom is 0.326 e. The lowest BCUT2D eigenvalue weighted by Gasteiger charge is -2.38. The van der Waals surface area contributed by atoms with Crippen molar-refractivity contribution < 1.29 is 28.9 Å². The van der Waals surface area contributed by atoms with Crippen LogP contribution in [-0.4, -0.2) is 41.1 Å². The van der Waals surface area contributed by atoms with Crippen LogP contribution in [0.3, 0.4) is 0 Å². The summed E-state index contributed by atoms with van der Waals surface area (Å²) < 4.78 is 18.2. The Bertz CT molecular complexity index is 1330. The number of carboxylic acid groups (broad SMARTS) is 1. The van der Waals surface area contributed by atoms with E-state index < -0.39 is 18.1 Å². The molecule has 7 nitrogen and oxygen atoms in total. The van der Waals surface area contributed by atoms with E-state index in [1.54, 1.807) is 7.11 Å². The Balaban J connectivity index is 1.30. The Labute approximate surface area is 228 Å². The fraction of sp³-hybridized carbons (Fsp3) is 0.375. The predicted molar refractivity (Wildman–Crippen MR) is 144 cm³/mol. The lowest BCUT2D eigenvalue weighted by molar-refractivity contribution is -0.160. The molecule has 202 valence electrons. The van der Waals surface area contributed by atoms with Crippen LogP contribution in [0.2, 0.25) is 0 Å². The zero-order valence-electron chi connectivity index (χ0n) is 22.0. The molecule has 39 heavy (non-hydrogen) atoms. The second-order valence-electron chi connectivity index (χ2n) is 10.8. The molecule has 2 aliphatic carbocycles. The Kier molecular flexibility index (Phi) is 7.00. The molecule has 6 rings (SSSR count). The highest BCUT2D eigenvalue weighted by Gasteiger charge is 2.48. The predicted octanol–water partition coefficient (Wildman–Crippen LogP) is 5.17. The lowest BCUT2D eigenvalue weighted by Crippen LogP contribution is -2.50. The molecule has 7 heteroatoms. The molecule has 0 saturated heterocycles. The van der Waals surface area contributed by atoms with Crippen LogP contribution < -0.4 is 9.47 Å². The fourth-order valence-corrected chi connectivity index (χ4v) is 6.14. The lowest BCUT2D eigenvalue weighted by atomic mass is 9.91. The summed E-state index contributed by atoms with van der Waals surface area (Å²) in [6.45, 7) is 0.473. The minimum atomic E-state index is -1.06. The summed E-state index contributed by atoms with van der Waals surface area (Å²) in [6, 6.07) is 21.9. The van der Waals surface area contributed by atoms with Crippen LogP contribution >= 0.6 is 0 Å². The number of aliphatic carboxylic acids is 1. The standard InChI is InChI=1S/C32H33NO6/c1-37-28-13-12-22-18-33(27(32(35)36)17-26(22)30(28)38-19-20-8-4-2-5-9-20)31(34)29(21-10-6-3-7-11-21)39-25-15-23-14-24(23)16-25/h2-13,23-25,27,29H,14-19H2,1H3,(H,35,36)/t23?,24?,25?,27?,29-/m0/s1. The summed E-state index contributed by atoms with van der Waals surface area (Å²) >= 11 is 0. The molecule has 3 aromatic carbocycles. The van der Waals surface area contributed by atoms with Gasteiger partial charge in [0.05, 0.1) is 13.2 Å². The van der Waals surface area contributed by atoms with E-state index in [0.717, 1.165) is 35.1 Å². The molecule has 2 saturated carbocycles. The van der Waals surface area contributed by atoms with Crippen molar-refractivity contribution in [3.63, 3.8) is 0 Å². The molecule has 4 atom stereocenters. The molecule has 2 fully saturated rings. The summed E-state index contributed by atoms with van der Waals surface area (Å²) in [5.74, 6) is 1.11. The molecule has 1 aliphatic heterocycles. The molecule has 0 spiro atoms. The van der Waals surface area contributed by atoms with E-state index in [1.165, 1.54) is 11.3 Å². The number of hydrogen-bond acceptors (Lipinski definition) is 5. The van der Waals surface area contributed by atoms with Gasteiger partial charge in [-0.25, -0.2) is 4.79 Å². The number of carboxylic acids is 1. The maximum atomic E-state index is 14.1. The van der Waals surface area contributed by atoms with Crippen molar-refractivity contribution in [2.45, 2.75) is 57.1 Å². The number of ether oxygens (including phenoxy) is 3. The van der Waals surface area contributed by atoms with Crippen LogP contribution in [0.4, 0.5) is 0 Å². The van der Waals surface area contributed by atoms with E-state index in [9.17, 15) is 14.7 Å². The minimum Gasteiger partial charge on any atom is -0.493 e. The van der Waals surface area contributed by atoms with Crippen LogP contribution in [-0.2, 0) is 33.9 Å². The molecule has 1 amide bonds. The zero-order valence-corrected chi connectivity index (χ0v) is 22.0. The van der Waals surface area contributed by atoms with Gasteiger partial charge in [0.1, 0.15) is 12.6 Å². The molecule has 1 heterocycles. The van der Waals surface area contributed by atoms with E-state index in [0.29, 0.717) is 29.9 Å². The molecule has 0 aromatic heterocycles. The van der Waals surface area contributed by atoms with Crippen LogP contribution in [0.5, 0.6) is 11.5 Å². The molecule has 0 radical (unpaired) electrons. The Hall–Kier alpha value is -3.84. The van der Waals surface area contributed by atoms with E-state index in [1.807, 2.05) is 72.8 Å². The fourth-order valence-electron chi connectivity index (χ4n) is 6.14. The zero-order chi connectivity index (χ0) is 26.9. The van der Waals surface area contributed by atoms with Gasteiger partial charge in [-0.1, -0.05) is 66.7 Å². The molecule has 3 unspecified atom stereocenters. The van der Waals surface area contributed by atoms with Gasteiger partial charge in [-0.3, -0.25) is 4.79 Å². The summed E-state index contributed by atoms with van der Waals surface area (Å²) in [5, 5.41) is 10.3. The Morgan fingerprint density at radius 3 is 2.31 bits per heavy atom. The number of rotatable bonds is 9. The van der Waals surface area contributed by atoms with Gasteiger partial charge in [-0.15, -0.1) is 0 Å². The van der Waals surface area contributed by atoms with Crippen molar-refractivity contribution in [3.05, 3.63) is 95.1 Å². The maximum absolute atomic E-state index is 14.1. The number of nitrogens with zero attached hydrogens (tertiary/aromatic N) is 1. The van der Waals surface area contributed by atoms with Gasteiger partial charge in [0, 0.05) is 18.5 Å². The van der Waals surface area contributed by atoms with Gasteiger partial charge in [-0.2, -0.15) is 0 Å². The van der Waals surface area contributed by atoms with Crippen LogP contribution in [0.25, 0.3) is 0 Å². The second-order valence-corrected chi connectivity index (χ2v) is 10.8. The minimum absolute atomic E-state index is 0.0190. The number of fused-ring (bicyclic) bond motifs is 2. The third-order valence-electron chi connectivity index (χ3n) is 8.31. The molecule has 3 aromatic rings. The average Bonchev–Trinajstić information content (AvgIpc) is 3.59. The first kappa shape index (κ1) is 25.4. The Morgan fingerprint density at radius 1 is 0.949 bits per heavy atom. The van der Waals surface area contributed by atoms with Crippen molar-refractivity contribution in [3.8, 4) is 11.5 Å². The highest BCUT2D eigenvalue weighted by Crippen LogP contribution is 2.53. The smallest absolute Gasteiger partial charge is 0.326 e. The van der Waals surface area contributed by atoms with Crippen molar-refractivity contribution in [2.24, 2.45) is 11.8 Å². The van der Waals surface area contributed by atoms with E-state index in [4.69, 9.17) is 14.2 Å². The Morgan fingerprint density at radius 2 is 1.64 bits per heavy atom. The third-order valence-corrected chi connectivity index (χ3v) is 8.31. The van der Waals surface area contributed by atoms with Gasteiger partial charge in [-0.05, 0) is 53.9 Å². The van der Waals surface area contributed by atoms with Crippen molar-refractivity contribution in [1.29, 1.82) is 0 Å². The number of carbonyl (C=O) groups excluding carboxylic acids is 1. The quantitative estimate of drug-likeness (QED) is 0.413. The number of carbonyl (C=O) groups is 2. The SMILES string of the molecule is COc1ccc2c(c1OCc1ccccc1)CC(C(=O)O)N(C(=O)[C@@H](OC1CC3CC3C1)c1ccccc1)C2. The van der Waals surface area contributed by atoms with Gasteiger partial charge in [0.15, 0.2) is 17.6 Å². The van der Waals surface area contributed by atoms with Crippen molar-refractivity contribution in [2.75, 3.05) is 7.11 Å². The second kappa shape index (κ2) is 10.7. The topological polar surface area (TPSA) is 85.3 Å². The van der Waals surface area contributed by atoms with E-state index in [2.05, 4.69) is 0 Å².